The topological polar surface area (TPSA) is 45.7 Å². The number of ether oxygens (including phenoxy) is 1. The highest BCUT2D eigenvalue weighted by atomic mass is 16.5. The van der Waals surface area contributed by atoms with Crippen molar-refractivity contribution in [2.24, 2.45) is 10.9 Å². The molecule has 0 heterocycles. The Hall–Kier alpha value is -1.71. The first kappa shape index (κ1) is 16.3. The standard InChI is InChI=1S/C16H27N3O/c1-13(2)12-19-16(17-4)18-10-5-11-20-15-8-6-14(3)7-9-15/h6-9,13H,5,10-12H2,1-4H3,(H2,17,18,19). The molecule has 1 aromatic rings. The van der Waals surface area contributed by atoms with Gasteiger partial charge in [-0.05, 0) is 31.4 Å². The van der Waals surface area contributed by atoms with Crippen LogP contribution in [0, 0.1) is 12.8 Å². The number of hydrogen-bond acceptors (Lipinski definition) is 2. The minimum absolute atomic E-state index is 0.610. The summed E-state index contributed by atoms with van der Waals surface area (Å²) in [6.07, 6.45) is 0.941. The highest BCUT2D eigenvalue weighted by molar-refractivity contribution is 5.79. The van der Waals surface area contributed by atoms with Gasteiger partial charge in [0.2, 0.25) is 0 Å². The highest BCUT2D eigenvalue weighted by Gasteiger charge is 1.99. The minimum Gasteiger partial charge on any atom is -0.494 e. The first-order chi connectivity index (χ1) is 9.61. The first-order valence-electron chi connectivity index (χ1n) is 7.26. The Labute approximate surface area is 122 Å². The Morgan fingerprint density at radius 3 is 2.50 bits per heavy atom. The van der Waals surface area contributed by atoms with Gasteiger partial charge in [0.05, 0.1) is 6.61 Å². The minimum atomic E-state index is 0.610. The van der Waals surface area contributed by atoms with E-state index in [2.05, 4.69) is 48.5 Å². The fourth-order valence-electron chi connectivity index (χ4n) is 1.62. The van der Waals surface area contributed by atoms with Crippen LogP contribution < -0.4 is 15.4 Å². The van der Waals surface area contributed by atoms with Gasteiger partial charge in [0.1, 0.15) is 5.75 Å². The molecule has 1 rings (SSSR count). The number of nitrogens with one attached hydrogen (secondary N) is 2. The molecular formula is C16H27N3O. The van der Waals surface area contributed by atoms with Crippen LogP contribution in [0.5, 0.6) is 5.75 Å². The van der Waals surface area contributed by atoms with Crippen LogP contribution in [0.2, 0.25) is 0 Å². The maximum Gasteiger partial charge on any atom is 0.190 e. The van der Waals surface area contributed by atoms with E-state index in [1.165, 1.54) is 5.56 Å². The molecule has 0 fully saturated rings. The lowest BCUT2D eigenvalue weighted by Gasteiger charge is -2.13. The largest absolute Gasteiger partial charge is 0.494 e. The maximum atomic E-state index is 5.67. The lowest BCUT2D eigenvalue weighted by molar-refractivity contribution is 0.311. The molecule has 2 N–H and O–H groups in total. The summed E-state index contributed by atoms with van der Waals surface area (Å²) >= 11 is 0. The Morgan fingerprint density at radius 2 is 1.90 bits per heavy atom. The van der Waals surface area contributed by atoms with E-state index < -0.39 is 0 Å². The molecule has 0 aliphatic heterocycles. The summed E-state index contributed by atoms with van der Waals surface area (Å²) < 4.78 is 5.67. The molecule has 4 heteroatoms. The Balaban J connectivity index is 2.13. The summed E-state index contributed by atoms with van der Waals surface area (Å²) in [5.41, 5.74) is 1.25. The van der Waals surface area contributed by atoms with E-state index in [9.17, 15) is 0 Å². The quantitative estimate of drug-likeness (QED) is 0.457. The molecule has 0 aliphatic carbocycles. The molecule has 0 saturated carbocycles. The number of aryl methyl sites for hydroxylation is 1. The van der Waals surface area contributed by atoms with Crippen LogP contribution in [0.1, 0.15) is 25.8 Å². The molecular weight excluding hydrogens is 250 g/mol. The van der Waals surface area contributed by atoms with Gasteiger partial charge in [-0.25, -0.2) is 0 Å². The molecule has 0 aromatic heterocycles. The van der Waals surface area contributed by atoms with Crippen molar-refractivity contribution >= 4 is 5.96 Å². The lowest BCUT2D eigenvalue weighted by atomic mass is 10.2. The van der Waals surface area contributed by atoms with Crippen LogP contribution in [0.4, 0.5) is 0 Å². The van der Waals surface area contributed by atoms with Gasteiger partial charge in [-0.15, -0.1) is 0 Å². The Morgan fingerprint density at radius 1 is 1.20 bits per heavy atom. The van der Waals surface area contributed by atoms with Gasteiger partial charge in [-0.3, -0.25) is 4.99 Å². The molecule has 20 heavy (non-hydrogen) atoms. The molecule has 112 valence electrons. The SMILES string of the molecule is CN=C(NCCCOc1ccc(C)cc1)NCC(C)C. The summed E-state index contributed by atoms with van der Waals surface area (Å²) in [4.78, 5) is 4.18. The van der Waals surface area contributed by atoms with Gasteiger partial charge >= 0.3 is 0 Å². The monoisotopic (exact) mass is 277 g/mol. The van der Waals surface area contributed by atoms with Crippen LogP contribution in [0.25, 0.3) is 0 Å². The third kappa shape index (κ3) is 7.02. The van der Waals surface area contributed by atoms with Gasteiger partial charge in [-0.2, -0.15) is 0 Å². The predicted octanol–water partition coefficient (Wildman–Crippen LogP) is 2.58. The van der Waals surface area contributed by atoms with E-state index in [4.69, 9.17) is 4.74 Å². The fourth-order valence-corrected chi connectivity index (χ4v) is 1.62. The van der Waals surface area contributed by atoms with E-state index in [-0.39, 0.29) is 0 Å². The van der Waals surface area contributed by atoms with Crippen LogP contribution in [-0.2, 0) is 0 Å². The Bertz CT molecular complexity index is 399. The molecule has 0 radical (unpaired) electrons. The second-order valence-corrected chi connectivity index (χ2v) is 5.29. The molecule has 0 atom stereocenters. The number of aliphatic imine (C=N–C) groups is 1. The second-order valence-electron chi connectivity index (χ2n) is 5.29. The van der Waals surface area contributed by atoms with Gasteiger partial charge in [0, 0.05) is 20.1 Å². The molecule has 1 aromatic carbocycles. The van der Waals surface area contributed by atoms with E-state index in [1.54, 1.807) is 7.05 Å². The summed E-state index contributed by atoms with van der Waals surface area (Å²) in [5.74, 6) is 2.39. The first-order valence-corrected chi connectivity index (χ1v) is 7.26. The molecule has 4 nitrogen and oxygen atoms in total. The lowest BCUT2D eigenvalue weighted by Crippen LogP contribution is -2.39. The number of hydrogen-bond donors (Lipinski definition) is 2. The number of rotatable bonds is 7. The molecule has 0 spiro atoms. The van der Waals surface area contributed by atoms with Gasteiger partial charge in [-0.1, -0.05) is 31.5 Å². The van der Waals surface area contributed by atoms with E-state index in [0.29, 0.717) is 12.5 Å². The van der Waals surface area contributed by atoms with E-state index in [0.717, 1.165) is 31.2 Å². The molecule has 0 amide bonds. The fraction of sp³-hybridized carbons (Fsp3) is 0.562. The van der Waals surface area contributed by atoms with Crippen molar-refractivity contribution in [2.75, 3.05) is 26.7 Å². The summed E-state index contributed by atoms with van der Waals surface area (Å²) in [6.45, 7) is 8.91. The van der Waals surface area contributed by atoms with Gasteiger partial charge < -0.3 is 15.4 Å². The summed E-state index contributed by atoms with van der Waals surface area (Å²) in [6, 6.07) is 8.13. The molecule has 0 saturated heterocycles. The van der Waals surface area contributed by atoms with Crippen LogP contribution in [-0.4, -0.2) is 32.7 Å². The van der Waals surface area contributed by atoms with Crippen molar-refractivity contribution in [2.45, 2.75) is 27.2 Å². The average molecular weight is 277 g/mol. The van der Waals surface area contributed by atoms with E-state index >= 15 is 0 Å². The molecule has 0 aliphatic rings. The van der Waals surface area contributed by atoms with Crippen LogP contribution >= 0.6 is 0 Å². The predicted molar refractivity (Wildman–Crippen MR) is 85.5 cm³/mol. The zero-order chi connectivity index (χ0) is 14.8. The van der Waals surface area contributed by atoms with Crippen LogP contribution in [0.3, 0.4) is 0 Å². The number of guanidine groups is 1. The average Bonchev–Trinajstić information content (AvgIpc) is 2.43. The van der Waals surface area contributed by atoms with Crippen molar-refractivity contribution in [1.82, 2.24) is 10.6 Å². The van der Waals surface area contributed by atoms with Crippen molar-refractivity contribution < 1.29 is 4.74 Å². The second kappa shape index (κ2) is 9.23. The molecule has 0 unspecified atom stereocenters. The zero-order valence-electron chi connectivity index (χ0n) is 13.1. The van der Waals surface area contributed by atoms with Crippen molar-refractivity contribution in [3.63, 3.8) is 0 Å². The number of benzene rings is 1. The normalized spacial score (nSPS) is 11.6. The number of nitrogens with zero attached hydrogens (tertiary/aromatic N) is 1. The smallest absolute Gasteiger partial charge is 0.190 e. The zero-order valence-corrected chi connectivity index (χ0v) is 13.1. The summed E-state index contributed by atoms with van der Waals surface area (Å²) in [7, 11) is 1.79. The van der Waals surface area contributed by atoms with Crippen molar-refractivity contribution in [3.05, 3.63) is 29.8 Å². The third-order valence-electron chi connectivity index (χ3n) is 2.80. The van der Waals surface area contributed by atoms with E-state index in [1.807, 2.05) is 12.1 Å². The Kier molecular flexibility index (Phi) is 7.55. The van der Waals surface area contributed by atoms with Gasteiger partial charge in [0.15, 0.2) is 5.96 Å². The van der Waals surface area contributed by atoms with Gasteiger partial charge in [0.25, 0.3) is 0 Å². The highest BCUT2D eigenvalue weighted by Crippen LogP contribution is 2.11. The maximum absolute atomic E-state index is 5.67. The summed E-state index contributed by atoms with van der Waals surface area (Å²) in [5, 5.41) is 6.56. The third-order valence-corrected chi connectivity index (χ3v) is 2.80. The van der Waals surface area contributed by atoms with Crippen molar-refractivity contribution in [1.29, 1.82) is 0 Å². The van der Waals surface area contributed by atoms with Crippen molar-refractivity contribution in [3.8, 4) is 5.75 Å². The molecule has 0 bridgehead atoms. The van der Waals surface area contributed by atoms with Crippen LogP contribution in [0.15, 0.2) is 29.3 Å².